The first-order chi connectivity index (χ1) is 9.61. The molecule has 1 fully saturated rings. The first kappa shape index (κ1) is 15.0. The average molecular weight is 299 g/mol. The number of methoxy groups -OCH3 is 1. The van der Waals surface area contributed by atoms with Gasteiger partial charge < -0.3 is 26.4 Å². The second-order valence-corrected chi connectivity index (χ2v) is 5.76. The molecular formula is C12H21N5O2S. The first-order valence-electron chi connectivity index (χ1n) is 6.65. The van der Waals surface area contributed by atoms with Gasteiger partial charge in [-0.1, -0.05) is 11.3 Å². The van der Waals surface area contributed by atoms with Gasteiger partial charge in [0.15, 0.2) is 5.13 Å². The molecule has 8 heteroatoms. The van der Waals surface area contributed by atoms with Crippen molar-refractivity contribution in [3.63, 3.8) is 0 Å². The summed E-state index contributed by atoms with van der Waals surface area (Å²) in [6, 6.07) is 0.264. The molecule has 20 heavy (non-hydrogen) atoms. The number of amides is 1. The van der Waals surface area contributed by atoms with E-state index in [9.17, 15) is 4.79 Å². The Morgan fingerprint density at radius 2 is 2.25 bits per heavy atom. The number of thiazole rings is 1. The average Bonchev–Trinajstić information content (AvgIpc) is 2.82. The molecule has 2 heterocycles. The fourth-order valence-corrected chi connectivity index (χ4v) is 3.01. The number of hydrogen-bond acceptors (Lipinski definition) is 7. The van der Waals surface area contributed by atoms with E-state index < -0.39 is 0 Å². The number of nitrogen functional groups attached to an aromatic ring is 1. The van der Waals surface area contributed by atoms with Gasteiger partial charge in [-0.15, -0.1) is 0 Å². The van der Waals surface area contributed by atoms with Crippen LogP contribution < -0.4 is 21.7 Å². The molecule has 1 aliphatic rings. The Labute approximate surface area is 122 Å². The van der Waals surface area contributed by atoms with Crippen LogP contribution in [0.1, 0.15) is 22.5 Å². The molecule has 0 unspecified atom stereocenters. The van der Waals surface area contributed by atoms with Crippen molar-refractivity contribution in [3.05, 3.63) is 4.88 Å². The van der Waals surface area contributed by atoms with E-state index in [1.54, 1.807) is 7.11 Å². The highest BCUT2D eigenvalue weighted by Gasteiger charge is 2.22. The van der Waals surface area contributed by atoms with E-state index in [-0.39, 0.29) is 17.8 Å². The highest BCUT2D eigenvalue weighted by atomic mass is 32.1. The summed E-state index contributed by atoms with van der Waals surface area (Å²) >= 11 is 1.33. The minimum absolute atomic E-state index is 0.197. The number of rotatable bonds is 5. The number of carbonyl (C=O) groups excluding carboxylic acids is 1. The lowest BCUT2D eigenvalue weighted by Crippen LogP contribution is -2.39. The Bertz CT molecular complexity index is 457. The maximum absolute atomic E-state index is 12.0. The zero-order valence-electron chi connectivity index (χ0n) is 11.6. The number of ether oxygens (including phenoxy) is 1. The van der Waals surface area contributed by atoms with Crippen molar-refractivity contribution in [3.8, 4) is 0 Å². The predicted molar refractivity (Wildman–Crippen MR) is 80.2 cm³/mol. The number of nitrogens with zero attached hydrogens (tertiary/aromatic N) is 2. The van der Waals surface area contributed by atoms with E-state index in [1.165, 1.54) is 11.3 Å². The molecule has 1 aromatic heterocycles. The van der Waals surface area contributed by atoms with Crippen molar-refractivity contribution in [2.24, 2.45) is 5.73 Å². The Morgan fingerprint density at radius 3 is 2.90 bits per heavy atom. The molecule has 1 aliphatic heterocycles. The third-order valence-electron chi connectivity index (χ3n) is 3.25. The van der Waals surface area contributed by atoms with Crippen LogP contribution in [0.25, 0.3) is 0 Å². The number of nitrogens with two attached hydrogens (primary N) is 2. The van der Waals surface area contributed by atoms with E-state index in [0.717, 1.165) is 31.1 Å². The lowest BCUT2D eigenvalue weighted by atomic mass is 10.1. The highest BCUT2D eigenvalue weighted by molar-refractivity contribution is 7.18. The quantitative estimate of drug-likeness (QED) is 0.662. The second kappa shape index (κ2) is 6.87. The van der Waals surface area contributed by atoms with Gasteiger partial charge >= 0.3 is 0 Å². The molecule has 0 aliphatic carbocycles. The van der Waals surface area contributed by atoms with Gasteiger partial charge in [0.1, 0.15) is 10.7 Å². The lowest BCUT2D eigenvalue weighted by Gasteiger charge is -2.29. The fraction of sp³-hybridized carbons (Fsp3) is 0.667. The van der Waals surface area contributed by atoms with Gasteiger partial charge in [0.25, 0.3) is 5.91 Å². The van der Waals surface area contributed by atoms with E-state index in [2.05, 4.69) is 15.2 Å². The molecule has 0 aromatic carbocycles. The largest absolute Gasteiger partial charge is 0.383 e. The van der Waals surface area contributed by atoms with Crippen LogP contribution in [-0.4, -0.2) is 50.3 Å². The Morgan fingerprint density at radius 1 is 1.55 bits per heavy atom. The van der Waals surface area contributed by atoms with Crippen LogP contribution in [0.5, 0.6) is 0 Å². The summed E-state index contributed by atoms with van der Waals surface area (Å²) in [7, 11) is 1.59. The van der Waals surface area contributed by atoms with Crippen LogP contribution in [0, 0.1) is 0 Å². The van der Waals surface area contributed by atoms with Gasteiger partial charge in [0, 0.05) is 32.8 Å². The molecule has 2 rings (SSSR count). The van der Waals surface area contributed by atoms with E-state index >= 15 is 0 Å². The van der Waals surface area contributed by atoms with Crippen LogP contribution in [0.4, 0.5) is 10.9 Å². The summed E-state index contributed by atoms with van der Waals surface area (Å²) in [4.78, 5) is 18.9. The van der Waals surface area contributed by atoms with Gasteiger partial charge in [-0.3, -0.25) is 4.79 Å². The highest BCUT2D eigenvalue weighted by Crippen LogP contribution is 2.29. The smallest absolute Gasteiger partial charge is 0.265 e. The van der Waals surface area contributed by atoms with E-state index in [1.807, 2.05) is 0 Å². The summed E-state index contributed by atoms with van der Waals surface area (Å²) in [5.41, 5.74) is 11.7. The maximum Gasteiger partial charge on any atom is 0.265 e. The zero-order valence-corrected chi connectivity index (χ0v) is 12.4. The first-order valence-corrected chi connectivity index (χ1v) is 7.47. The molecule has 7 nitrogen and oxygen atoms in total. The third kappa shape index (κ3) is 3.59. The molecule has 0 bridgehead atoms. The zero-order chi connectivity index (χ0) is 14.5. The van der Waals surface area contributed by atoms with Gasteiger partial charge in [-0.25, -0.2) is 4.98 Å². The Hall–Kier alpha value is -1.38. The number of carbonyl (C=O) groups is 1. The van der Waals surface area contributed by atoms with Crippen molar-refractivity contribution in [2.45, 2.75) is 18.9 Å². The van der Waals surface area contributed by atoms with Gasteiger partial charge in [-0.2, -0.15) is 0 Å². The number of anilines is 2. The Kier molecular flexibility index (Phi) is 5.16. The van der Waals surface area contributed by atoms with Crippen molar-refractivity contribution >= 4 is 28.2 Å². The van der Waals surface area contributed by atoms with Crippen molar-refractivity contribution in [2.75, 3.05) is 44.0 Å². The third-order valence-corrected chi connectivity index (χ3v) is 4.38. The molecule has 0 atom stereocenters. The minimum atomic E-state index is -0.197. The molecular weight excluding hydrogens is 278 g/mol. The van der Waals surface area contributed by atoms with Crippen molar-refractivity contribution < 1.29 is 9.53 Å². The SMILES string of the molecule is COCCNC(=O)c1sc(N2CCC(N)CC2)nc1N. The van der Waals surface area contributed by atoms with Crippen LogP contribution in [0.2, 0.25) is 0 Å². The molecule has 1 saturated heterocycles. The summed E-state index contributed by atoms with van der Waals surface area (Å²) < 4.78 is 4.89. The van der Waals surface area contributed by atoms with Crippen LogP contribution in [0.3, 0.4) is 0 Å². The number of aromatic nitrogens is 1. The molecule has 0 saturated carbocycles. The monoisotopic (exact) mass is 299 g/mol. The number of nitrogens with one attached hydrogen (secondary N) is 1. The van der Waals surface area contributed by atoms with Crippen LogP contribution in [-0.2, 0) is 4.74 Å². The summed E-state index contributed by atoms with van der Waals surface area (Å²) in [5.74, 6) is 0.0896. The summed E-state index contributed by atoms with van der Waals surface area (Å²) in [5, 5.41) is 3.55. The number of hydrogen-bond donors (Lipinski definition) is 3. The van der Waals surface area contributed by atoms with Gasteiger partial charge in [0.2, 0.25) is 0 Å². The van der Waals surface area contributed by atoms with Gasteiger partial charge in [0.05, 0.1) is 6.61 Å². The van der Waals surface area contributed by atoms with Gasteiger partial charge in [-0.05, 0) is 12.8 Å². The summed E-state index contributed by atoms with van der Waals surface area (Å²) in [6.45, 7) is 2.65. The molecule has 1 aromatic rings. The molecule has 112 valence electrons. The minimum Gasteiger partial charge on any atom is -0.383 e. The Balaban J connectivity index is 2.00. The second-order valence-electron chi connectivity index (χ2n) is 4.78. The molecule has 1 amide bonds. The van der Waals surface area contributed by atoms with E-state index in [4.69, 9.17) is 16.2 Å². The normalized spacial score (nSPS) is 16.4. The molecule has 5 N–H and O–H groups in total. The van der Waals surface area contributed by atoms with Crippen LogP contribution >= 0.6 is 11.3 Å². The molecule has 0 radical (unpaired) electrons. The standard InChI is InChI=1S/C12H21N5O2S/c1-19-7-4-15-11(18)9-10(14)16-12(20-9)17-5-2-8(13)3-6-17/h8H,2-7,13-14H2,1H3,(H,15,18). The number of piperidine rings is 1. The topological polar surface area (TPSA) is 106 Å². The maximum atomic E-state index is 12.0. The predicted octanol–water partition coefficient (Wildman–Crippen LogP) is 0.0290. The van der Waals surface area contributed by atoms with Crippen LogP contribution in [0.15, 0.2) is 0 Å². The lowest BCUT2D eigenvalue weighted by molar-refractivity contribution is 0.0942. The van der Waals surface area contributed by atoms with Crippen molar-refractivity contribution in [1.29, 1.82) is 0 Å². The fourth-order valence-electron chi connectivity index (χ4n) is 2.06. The molecule has 0 spiro atoms. The summed E-state index contributed by atoms with van der Waals surface area (Å²) in [6.07, 6.45) is 1.88. The van der Waals surface area contributed by atoms with Crippen molar-refractivity contribution in [1.82, 2.24) is 10.3 Å². The van der Waals surface area contributed by atoms with E-state index in [0.29, 0.717) is 18.0 Å².